The fraction of sp³-hybridized carbons (Fsp3) is 0.300. The molecular formula is C20H23BrN2O3. The minimum Gasteiger partial charge on any atom is -0.444 e. The number of carbonyl (C=O) groups excluding carboxylic acids is 2. The number of nitrogens with one attached hydrogen (secondary N) is 2. The zero-order valence-electron chi connectivity index (χ0n) is 15.4. The molecule has 0 heterocycles. The maximum absolute atomic E-state index is 12.4. The van der Waals surface area contributed by atoms with Crippen LogP contribution in [0.2, 0.25) is 0 Å². The van der Waals surface area contributed by atoms with Crippen LogP contribution in [0.1, 0.15) is 42.3 Å². The summed E-state index contributed by atoms with van der Waals surface area (Å²) in [6, 6.07) is 12.8. The number of ether oxygens (including phenoxy) is 1. The summed E-state index contributed by atoms with van der Waals surface area (Å²) in [7, 11) is 0. The Bertz CT molecular complexity index is 796. The number of hydrogen-bond acceptors (Lipinski definition) is 3. The fourth-order valence-corrected chi connectivity index (χ4v) is 2.70. The number of rotatable bonds is 4. The van der Waals surface area contributed by atoms with Gasteiger partial charge in [0.05, 0.1) is 0 Å². The fourth-order valence-electron chi connectivity index (χ4n) is 2.22. The van der Waals surface area contributed by atoms with Gasteiger partial charge in [0, 0.05) is 22.3 Å². The summed E-state index contributed by atoms with van der Waals surface area (Å²) < 4.78 is 6.16. The van der Waals surface area contributed by atoms with Gasteiger partial charge in [-0.15, -0.1) is 0 Å². The maximum atomic E-state index is 12.4. The molecule has 0 radical (unpaired) electrons. The van der Waals surface area contributed by atoms with Gasteiger partial charge in [-0.1, -0.05) is 28.1 Å². The van der Waals surface area contributed by atoms with Gasteiger partial charge in [0.1, 0.15) is 5.60 Å². The first-order valence-corrected chi connectivity index (χ1v) is 9.06. The predicted octanol–water partition coefficient (Wildman–Crippen LogP) is 5.03. The van der Waals surface area contributed by atoms with Crippen LogP contribution in [-0.4, -0.2) is 17.6 Å². The molecule has 6 heteroatoms. The third kappa shape index (κ3) is 6.19. The van der Waals surface area contributed by atoms with Gasteiger partial charge in [-0.2, -0.15) is 0 Å². The van der Waals surface area contributed by atoms with E-state index in [0.717, 1.165) is 21.3 Å². The molecule has 138 valence electrons. The molecule has 0 aliphatic carbocycles. The van der Waals surface area contributed by atoms with E-state index in [0.29, 0.717) is 12.1 Å². The normalized spacial score (nSPS) is 11.0. The van der Waals surface area contributed by atoms with Crippen LogP contribution >= 0.6 is 15.9 Å². The van der Waals surface area contributed by atoms with Crippen molar-refractivity contribution in [2.45, 2.75) is 39.8 Å². The maximum Gasteiger partial charge on any atom is 0.407 e. The largest absolute Gasteiger partial charge is 0.444 e. The van der Waals surface area contributed by atoms with Crippen molar-refractivity contribution in [3.63, 3.8) is 0 Å². The average molecular weight is 419 g/mol. The van der Waals surface area contributed by atoms with Gasteiger partial charge in [0.15, 0.2) is 0 Å². The van der Waals surface area contributed by atoms with Gasteiger partial charge in [-0.25, -0.2) is 4.79 Å². The van der Waals surface area contributed by atoms with E-state index < -0.39 is 11.7 Å². The third-order valence-corrected chi connectivity index (χ3v) is 3.98. The van der Waals surface area contributed by atoms with Crippen molar-refractivity contribution in [2.24, 2.45) is 0 Å². The molecule has 2 amide bonds. The Morgan fingerprint density at radius 2 is 1.73 bits per heavy atom. The molecular weight excluding hydrogens is 396 g/mol. The van der Waals surface area contributed by atoms with Crippen LogP contribution in [0.15, 0.2) is 46.9 Å². The molecule has 0 aliphatic heterocycles. The summed E-state index contributed by atoms with van der Waals surface area (Å²) >= 11 is 3.40. The van der Waals surface area contributed by atoms with E-state index in [1.165, 1.54) is 0 Å². The van der Waals surface area contributed by atoms with Crippen LogP contribution in [0.3, 0.4) is 0 Å². The Kier molecular flexibility index (Phi) is 6.42. The molecule has 0 unspecified atom stereocenters. The van der Waals surface area contributed by atoms with Gasteiger partial charge < -0.3 is 15.4 Å². The topological polar surface area (TPSA) is 67.4 Å². The van der Waals surface area contributed by atoms with E-state index in [-0.39, 0.29) is 5.91 Å². The molecule has 5 nitrogen and oxygen atoms in total. The van der Waals surface area contributed by atoms with Gasteiger partial charge in [0.25, 0.3) is 5.91 Å². The van der Waals surface area contributed by atoms with E-state index in [1.807, 2.05) is 45.9 Å². The predicted molar refractivity (Wildman–Crippen MR) is 106 cm³/mol. The zero-order valence-corrected chi connectivity index (χ0v) is 16.9. The molecule has 0 bridgehead atoms. The van der Waals surface area contributed by atoms with Crippen molar-refractivity contribution in [1.82, 2.24) is 5.32 Å². The van der Waals surface area contributed by atoms with Gasteiger partial charge in [-0.05, 0) is 69.2 Å². The Balaban J connectivity index is 1.94. The van der Waals surface area contributed by atoms with E-state index in [1.54, 1.807) is 24.3 Å². The molecule has 26 heavy (non-hydrogen) atoms. The Hall–Kier alpha value is -2.34. The summed E-state index contributed by atoms with van der Waals surface area (Å²) in [5.41, 5.74) is 2.65. The van der Waals surface area contributed by atoms with Crippen molar-refractivity contribution in [2.75, 3.05) is 5.32 Å². The number of benzene rings is 2. The number of hydrogen-bond donors (Lipinski definition) is 2. The van der Waals surface area contributed by atoms with E-state index in [4.69, 9.17) is 4.74 Å². The van der Waals surface area contributed by atoms with Crippen LogP contribution in [-0.2, 0) is 11.3 Å². The van der Waals surface area contributed by atoms with Crippen molar-refractivity contribution >= 4 is 33.6 Å². The molecule has 0 saturated heterocycles. The number of halogens is 1. The number of anilines is 1. The van der Waals surface area contributed by atoms with Crippen LogP contribution in [0.5, 0.6) is 0 Å². The lowest BCUT2D eigenvalue weighted by Crippen LogP contribution is -2.32. The van der Waals surface area contributed by atoms with Crippen LogP contribution in [0.25, 0.3) is 0 Å². The second-order valence-corrected chi connectivity index (χ2v) is 7.88. The van der Waals surface area contributed by atoms with Crippen molar-refractivity contribution in [3.8, 4) is 0 Å². The zero-order chi connectivity index (χ0) is 19.3. The highest BCUT2D eigenvalue weighted by molar-refractivity contribution is 9.10. The first-order valence-electron chi connectivity index (χ1n) is 8.27. The third-order valence-electron chi connectivity index (χ3n) is 3.49. The van der Waals surface area contributed by atoms with Crippen molar-refractivity contribution in [1.29, 1.82) is 0 Å². The van der Waals surface area contributed by atoms with Crippen molar-refractivity contribution in [3.05, 3.63) is 63.6 Å². The summed E-state index contributed by atoms with van der Waals surface area (Å²) in [5, 5.41) is 5.59. The lowest BCUT2D eigenvalue weighted by atomic mass is 10.1. The Morgan fingerprint density at radius 3 is 2.31 bits per heavy atom. The van der Waals surface area contributed by atoms with E-state index in [9.17, 15) is 9.59 Å². The summed E-state index contributed by atoms with van der Waals surface area (Å²) in [5.74, 6) is -0.179. The number of alkyl carbamates (subject to hydrolysis) is 1. The lowest BCUT2D eigenvalue weighted by Gasteiger charge is -2.19. The van der Waals surface area contributed by atoms with E-state index >= 15 is 0 Å². The van der Waals surface area contributed by atoms with Gasteiger partial charge in [-0.3, -0.25) is 4.79 Å². The molecule has 0 fully saturated rings. The number of carbonyl (C=O) groups is 2. The van der Waals surface area contributed by atoms with Gasteiger partial charge >= 0.3 is 6.09 Å². The Morgan fingerprint density at radius 1 is 1.08 bits per heavy atom. The second-order valence-electron chi connectivity index (χ2n) is 6.97. The first-order chi connectivity index (χ1) is 12.1. The SMILES string of the molecule is Cc1cc(Br)ccc1NC(=O)c1ccc(CNC(=O)OC(C)(C)C)cc1. The molecule has 0 aliphatic rings. The first kappa shape index (κ1) is 20.0. The monoisotopic (exact) mass is 418 g/mol. The van der Waals surface area contributed by atoms with Crippen LogP contribution < -0.4 is 10.6 Å². The number of aryl methyl sites for hydroxylation is 1. The molecule has 2 aromatic rings. The van der Waals surface area contributed by atoms with Crippen LogP contribution in [0.4, 0.5) is 10.5 Å². The van der Waals surface area contributed by atoms with Crippen LogP contribution in [0, 0.1) is 6.92 Å². The summed E-state index contributed by atoms with van der Waals surface area (Å²) in [6.07, 6.45) is -0.468. The smallest absolute Gasteiger partial charge is 0.407 e. The van der Waals surface area contributed by atoms with Gasteiger partial charge in [0.2, 0.25) is 0 Å². The molecule has 2 rings (SSSR count). The summed E-state index contributed by atoms with van der Waals surface area (Å²) in [6.45, 7) is 7.71. The quantitative estimate of drug-likeness (QED) is 0.730. The second kappa shape index (κ2) is 8.36. The molecule has 0 spiro atoms. The molecule has 0 atom stereocenters. The highest BCUT2D eigenvalue weighted by Crippen LogP contribution is 2.20. The highest BCUT2D eigenvalue weighted by Gasteiger charge is 2.15. The lowest BCUT2D eigenvalue weighted by molar-refractivity contribution is 0.0523. The molecule has 0 aromatic heterocycles. The minimum atomic E-state index is -0.531. The molecule has 2 N–H and O–H groups in total. The number of amides is 2. The standard InChI is InChI=1S/C20H23BrN2O3/c1-13-11-16(21)9-10-17(13)23-18(24)15-7-5-14(6-8-15)12-22-19(25)26-20(2,3)4/h5-11H,12H2,1-4H3,(H,22,25)(H,23,24). The average Bonchev–Trinajstić information content (AvgIpc) is 2.54. The summed E-state index contributed by atoms with van der Waals surface area (Å²) in [4.78, 5) is 24.0. The Labute approximate surface area is 162 Å². The van der Waals surface area contributed by atoms with E-state index in [2.05, 4.69) is 26.6 Å². The minimum absolute atomic E-state index is 0.179. The van der Waals surface area contributed by atoms with Crippen molar-refractivity contribution < 1.29 is 14.3 Å². The highest BCUT2D eigenvalue weighted by atomic mass is 79.9. The molecule has 2 aromatic carbocycles. The molecule has 0 saturated carbocycles.